The van der Waals surface area contributed by atoms with Gasteiger partial charge in [0, 0.05) is 36.4 Å². The Morgan fingerprint density at radius 1 is 1.18 bits per heavy atom. The average molecular weight is 655 g/mol. The number of amides is 3. The van der Waals surface area contributed by atoms with Crippen molar-refractivity contribution in [2.45, 2.75) is 42.8 Å². The molecular weight excluding hydrogens is 621 g/mol. The van der Waals surface area contributed by atoms with Crippen molar-refractivity contribution in [1.29, 1.82) is 0 Å². The first-order valence-electron chi connectivity index (χ1n) is 13.6. The van der Waals surface area contributed by atoms with E-state index in [0.717, 1.165) is 35.6 Å². The lowest BCUT2D eigenvalue weighted by Gasteiger charge is -2.34. The molecule has 3 aromatic rings. The summed E-state index contributed by atoms with van der Waals surface area (Å²) in [6, 6.07) is 10.7. The molecule has 0 fully saturated rings. The van der Waals surface area contributed by atoms with E-state index in [4.69, 9.17) is 4.74 Å². The first kappa shape index (κ1) is 33.1. The van der Waals surface area contributed by atoms with Gasteiger partial charge in [0.2, 0.25) is 5.91 Å². The number of rotatable bonds is 8. The highest BCUT2D eigenvalue weighted by Gasteiger charge is 2.33. The van der Waals surface area contributed by atoms with E-state index in [9.17, 15) is 36.3 Å². The lowest BCUT2D eigenvalue weighted by molar-refractivity contribution is -0.137. The molecule has 0 bridgehead atoms. The van der Waals surface area contributed by atoms with Gasteiger partial charge in [0.05, 0.1) is 31.2 Å². The number of nitrogens with one attached hydrogen (secondary N) is 2. The van der Waals surface area contributed by atoms with Gasteiger partial charge in [-0.15, -0.1) is 11.3 Å². The van der Waals surface area contributed by atoms with Crippen LogP contribution in [0.25, 0.3) is 0 Å². The van der Waals surface area contributed by atoms with Crippen LogP contribution in [-0.4, -0.2) is 74.2 Å². The number of carbonyl (C=O) groups is 2. The zero-order valence-corrected chi connectivity index (χ0v) is 25.8. The SMILES string of the molecule is C[C@H](CO)N1C[C@H](C)[C@H](CN(C)C(=O)Nc2ccc(C(F)(F)F)cc2)Oc2ccc(NS(=O)(=O)c3cccs3)cc2CC1=O. The lowest BCUT2D eigenvalue weighted by Crippen LogP contribution is -2.48. The van der Waals surface area contributed by atoms with Crippen molar-refractivity contribution in [2.24, 2.45) is 5.92 Å². The standard InChI is InChI=1S/C29H33F3N4O6S2/c1-18-15-36(19(2)17-37)26(38)14-20-13-23(34-44(40,41)27-5-4-12-43-27)10-11-24(20)42-25(18)16-35(3)28(39)33-22-8-6-21(7-9-22)29(30,31)32/h4-13,18-19,25,34,37H,14-17H2,1-3H3,(H,33,39)/t18-,19+,25-/m0/s1. The highest BCUT2D eigenvalue weighted by molar-refractivity contribution is 7.94. The molecule has 2 aromatic carbocycles. The van der Waals surface area contributed by atoms with Gasteiger partial charge in [0.25, 0.3) is 10.0 Å². The summed E-state index contributed by atoms with van der Waals surface area (Å²) in [6.07, 6.45) is -5.29. The Hall–Kier alpha value is -3.82. The second kappa shape index (κ2) is 13.4. The lowest BCUT2D eigenvalue weighted by atomic mass is 10.0. The summed E-state index contributed by atoms with van der Waals surface area (Å²) < 4.78 is 73.3. The molecule has 44 heavy (non-hydrogen) atoms. The molecule has 2 heterocycles. The third-order valence-electron chi connectivity index (χ3n) is 7.19. The minimum atomic E-state index is -4.50. The number of halogens is 3. The summed E-state index contributed by atoms with van der Waals surface area (Å²) in [7, 11) is -2.35. The Morgan fingerprint density at radius 3 is 2.48 bits per heavy atom. The molecule has 0 radical (unpaired) electrons. The van der Waals surface area contributed by atoms with Crippen LogP contribution < -0.4 is 14.8 Å². The minimum Gasteiger partial charge on any atom is -0.488 e. The van der Waals surface area contributed by atoms with Crippen LogP contribution in [0.5, 0.6) is 5.75 Å². The number of benzene rings is 2. The number of thiophene rings is 1. The van der Waals surface area contributed by atoms with Crippen LogP contribution in [0.4, 0.5) is 29.3 Å². The highest BCUT2D eigenvalue weighted by Crippen LogP contribution is 2.32. The zero-order valence-electron chi connectivity index (χ0n) is 24.2. The second-order valence-corrected chi connectivity index (χ2v) is 13.5. The van der Waals surface area contributed by atoms with E-state index in [1.54, 1.807) is 24.4 Å². The van der Waals surface area contributed by atoms with Gasteiger partial charge in [-0.25, -0.2) is 13.2 Å². The minimum absolute atomic E-state index is 0.0371. The molecule has 0 saturated carbocycles. The number of anilines is 2. The maximum Gasteiger partial charge on any atom is 0.416 e. The molecule has 0 unspecified atom stereocenters. The van der Waals surface area contributed by atoms with Gasteiger partial charge < -0.3 is 25.0 Å². The normalized spacial score (nSPS) is 18.2. The van der Waals surface area contributed by atoms with Crippen molar-refractivity contribution >= 4 is 44.7 Å². The molecule has 3 atom stereocenters. The Labute approximate surface area is 257 Å². The first-order chi connectivity index (χ1) is 20.7. The van der Waals surface area contributed by atoms with Crippen molar-refractivity contribution < 1.29 is 41.0 Å². The number of likely N-dealkylation sites (N-methyl/N-ethyl adjacent to an activating group) is 1. The molecular formula is C29H33F3N4O6S2. The summed E-state index contributed by atoms with van der Waals surface area (Å²) in [6.45, 7) is 3.49. The summed E-state index contributed by atoms with van der Waals surface area (Å²) >= 11 is 1.06. The zero-order chi connectivity index (χ0) is 32.2. The number of carbonyl (C=O) groups excluding carboxylic acids is 2. The number of fused-ring (bicyclic) bond motifs is 1. The van der Waals surface area contributed by atoms with Crippen molar-refractivity contribution in [3.63, 3.8) is 0 Å². The molecule has 1 aliphatic heterocycles. The van der Waals surface area contributed by atoms with Gasteiger partial charge >= 0.3 is 12.2 Å². The third kappa shape index (κ3) is 8.01. The fourth-order valence-electron chi connectivity index (χ4n) is 4.65. The first-order valence-corrected chi connectivity index (χ1v) is 16.0. The number of sulfonamides is 1. The maximum atomic E-state index is 13.4. The molecule has 3 amide bonds. The number of alkyl halides is 3. The Kier molecular flexibility index (Phi) is 10.1. The summed E-state index contributed by atoms with van der Waals surface area (Å²) in [5.41, 5.74) is -0.0246. The molecule has 0 spiro atoms. The fourth-order valence-corrected chi connectivity index (χ4v) is 6.69. The molecule has 0 aliphatic carbocycles. The van der Waals surface area contributed by atoms with E-state index in [1.165, 1.54) is 35.0 Å². The van der Waals surface area contributed by atoms with E-state index in [-0.39, 0.29) is 53.5 Å². The summed E-state index contributed by atoms with van der Waals surface area (Å²) in [5, 5.41) is 14.1. The van der Waals surface area contributed by atoms with Crippen molar-refractivity contribution in [1.82, 2.24) is 9.80 Å². The fraction of sp³-hybridized carbons (Fsp3) is 0.379. The van der Waals surface area contributed by atoms with Crippen LogP contribution in [0.15, 0.2) is 64.2 Å². The number of hydrogen-bond acceptors (Lipinski definition) is 7. The molecule has 15 heteroatoms. The number of aliphatic hydroxyl groups excluding tert-OH is 1. The van der Waals surface area contributed by atoms with Crippen LogP contribution in [0.1, 0.15) is 25.0 Å². The number of urea groups is 1. The number of hydrogen-bond donors (Lipinski definition) is 3. The Bertz CT molecular complexity index is 1570. The van der Waals surface area contributed by atoms with Crippen LogP contribution in [-0.2, 0) is 27.4 Å². The van der Waals surface area contributed by atoms with Gasteiger partial charge in [-0.05, 0) is 60.8 Å². The van der Waals surface area contributed by atoms with Gasteiger partial charge in [-0.3, -0.25) is 9.52 Å². The third-order valence-corrected chi connectivity index (χ3v) is 9.97. The molecule has 4 rings (SSSR count). The molecule has 10 nitrogen and oxygen atoms in total. The smallest absolute Gasteiger partial charge is 0.416 e. The van der Waals surface area contributed by atoms with E-state index < -0.39 is 39.9 Å². The number of ether oxygens (including phenoxy) is 1. The number of aliphatic hydroxyl groups is 1. The quantitative estimate of drug-likeness (QED) is 0.318. The van der Waals surface area contributed by atoms with Crippen molar-refractivity contribution in [3.05, 3.63) is 71.1 Å². The van der Waals surface area contributed by atoms with Gasteiger partial charge in [0.1, 0.15) is 16.1 Å². The van der Waals surface area contributed by atoms with E-state index >= 15 is 0 Å². The van der Waals surface area contributed by atoms with Gasteiger partial charge in [-0.1, -0.05) is 13.0 Å². The number of nitrogens with zero attached hydrogens (tertiary/aromatic N) is 2. The molecule has 0 saturated heterocycles. The Balaban J connectivity index is 1.58. The van der Waals surface area contributed by atoms with Gasteiger partial charge in [-0.2, -0.15) is 13.2 Å². The predicted octanol–water partition coefficient (Wildman–Crippen LogP) is 4.88. The molecule has 238 valence electrons. The summed E-state index contributed by atoms with van der Waals surface area (Å²) in [5.74, 6) is -0.308. The largest absolute Gasteiger partial charge is 0.488 e. The maximum absolute atomic E-state index is 13.4. The summed E-state index contributed by atoms with van der Waals surface area (Å²) in [4.78, 5) is 29.2. The molecule has 3 N–H and O–H groups in total. The van der Waals surface area contributed by atoms with Crippen LogP contribution in [0, 0.1) is 5.92 Å². The monoisotopic (exact) mass is 654 g/mol. The van der Waals surface area contributed by atoms with Crippen LogP contribution in [0.3, 0.4) is 0 Å². The van der Waals surface area contributed by atoms with E-state index in [0.29, 0.717) is 11.3 Å². The van der Waals surface area contributed by atoms with Crippen molar-refractivity contribution in [3.8, 4) is 5.75 Å². The highest BCUT2D eigenvalue weighted by atomic mass is 32.2. The van der Waals surface area contributed by atoms with Crippen LogP contribution in [0.2, 0.25) is 0 Å². The second-order valence-electron chi connectivity index (χ2n) is 10.6. The van der Waals surface area contributed by atoms with Crippen molar-refractivity contribution in [2.75, 3.05) is 36.8 Å². The molecule has 1 aromatic heterocycles. The topological polar surface area (TPSA) is 128 Å². The van der Waals surface area contributed by atoms with Gasteiger partial charge in [0.15, 0.2) is 0 Å². The van der Waals surface area contributed by atoms with Crippen LogP contribution >= 0.6 is 11.3 Å². The van der Waals surface area contributed by atoms with E-state index in [1.807, 2.05) is 6.92 Å². The average Bonchev–Trinajstić information content (AvgIpc) is 3.52. The molecule has 1 aliphatic rings. The Morgan fingerprint density at radius 2 is 1.86 bits per heavy atom. The predicted molar refractivity (Wildman–Crippen MR) is 160 cm³/mol. The van der Waals surface area contributed by atoms with E-state index in [2.05, 4.69) is 10.0 Å².